The lowest BCUT2D eigenvalue weighted by Gasteiger charge is -2.15. The zero-order valence-electron chi connectivity index (χ0n) is 19.2. The summed E-state index contributed by atoms with van der Waals surface area (Å²) in [5, 5.41) is 13.0. The molecular formula is C22H19F2N9O3. The molecule has 4 aromatic heterocycles. The lowest BCUT2D eigenvalue weighted by molar-refractivity contribution is 0.102. The van der Waals surface area contributed by atoms with Crippen LogP contribution in [0.15, 0.2) is 42.9 Å². The van der Waals surface area contributed by atoms with E-state index in [0.29, 0.717) is 17.2 Å². The van der Waals surface area contributed by atoms with Gasteiger partial charge in [-0.05, 0) is 38.1 Å². The van der Waals surface area contributed by atoms with Crippen molar-refractivity contribution in [3.05, 3.63) is 71.7 Å². The number of anilines is 2. The number of rotatable bonds is 6. The van der Waals surface area contributed by atoms with Gasteiger partial charge in [0.1, 0.15) is 23.4 Å². The largest absolute Gasteiger partial charge is 0.441 e. The summed E-state index contributed by atoms with van der Waals surface area (Å²) in [7, 11) is 1.53. The van der Waals surface area contributed by atoms with Gasteiger partial charge in [-0.2, -0.15) is 4.39 Å². The number of amides is 2. The summed E-state index contributed by atoms with van der Waals surface area (Å²) < 4.78 is 33.7. The van der Waals surface area contributed by atoms with Crippen molar-refractivity contribution in [3.8, 4) is 11.4 Å². The SMILES string of the molecule is Cc1nccc(C(=O)Nc2ccc(-c3nnn(C)c3NC(=O)O[C@H](C)c3cc(F)cnc3F)nc2)n1. The third kappa shape index (κ3) is 5.43. The zero-order valence-corrected chi connectivity index (χ0v) is 19.2. The number of nitrogens with one attached hydrogen (secondary N) is 2. The summed E-state index contributed by atoms with van der Waals surface area (Å²) in [6.07, 6.45) is 1.53. The molecule has 0 aliphatic heterocycles. The van der Waals surface area contributed by atoms with Crippen LogP contribution in [0.2, 0.25) is 0 Å². The molecule has 1 atom stereocenters. The van der Waals surface area contributed by atoms with Crippen molar-refractivity contribution in [2.24, 2.45) is 7.05 Å². The molecule has 4 aromatic rings. The van der Waals surface area contributed by atoms with E-state index in [2.05, 4.69) is 40.9 Å². The fourth-order valence-electron chi connectivity index (χ4n) is 3.13. The van der Waals surface area contributed by atoms with E-state index in [0.717, 1.165) is 12.3 Å². The van der Waals surface area contributed by atoms with Crippen molar-refractivity contribution >= 4 is 23.5 Å². The Morgan fingerprint density at radius 2 is 1.89 bits per heavy atom. The third-order valence-electron chi connectivity index (χ3n) is 4.87. The molecule has 0 aliphatic rings. The molecule has 0 aliphatic carbocycles. The Morgan fingerprint density at radius 3 is 2.61 bits per heavy atom. The maximum absolute atomic E-state index is 13.9. The average molecular weight is 495 g/mol. The number of hydrogen-bond donors (Lipinski definition) is 2. The smallest absolute Gasteiger partial charge is 0.413 e. The minimum absolute atomic E-state index is 0.144. The van der Waals surface area contributed by atoms with Gasteiger partial charge >= 0.3 is 6.09 Å². The summed E-state index contributed by atoms with van der Waals surface area (Å²) in [5.74, 6) is -1.54. The molecule has 0 saturated heterocycles. The highest BCUT2D eigenvalue weighted by Gasteiger charge is 2.21. The van der Waals surface area contributed by atoms with Gasteiger partial charge in [0.15, 0.2) is 11.5 Å². The van der Waals surface area contributed by atoms with E-state index in [1.54, 1.807) is 19.1 Å². The van der Waals surface area contributed by atoms with Gasteiger partial charge in [0.05, 0.1) is 29.3 Å². The molecule has 36 heavy (non-hydrogen) atoms. The van der Waals surface area contributed by atoms with Crippen LogP contribution in [-0.4, -0.2) is 46.9 Å². The second-order valence-electron chi connectivity index (χ2n) is 7.49. The van der Waals surface area contributed by atoms with Gasteiger partial charge < -0.3 is 10.1 Å². The molecule has 2 amide bonds. The van der Waals surface area contributed by atoms with Crippen molar-refractivity contribution < 1.29 is 23.1 Å². The van der Waals surface area contributed by atoms with Crippen LogP contribution in [-0.2, 0) is 11.8 Å². The number of pyridine rings is 2. The van der Waals surface area contributed by atoms with Gasteiger partial charge in [-0.3, -0.25) is 15.1 Å². The van der Waals surface area contributed by atoms with Gasteiger partial charge in [-0.15, -0.1) is 5.10 Å². The first-order chi connectivity index (χ1) is 17.2. The summed E-state index contributed by atoms with van der Waals surface area (Å²) >= 11 is 0. The van der Waals surface area contributed by atoms with Crippen molar-refractivity contribution in [3.63, 3.8) is 0 Å². The van der Waals surface area contributed by atoms with Crippen LogP contribution in [0.4, 0.5) is 25.1 Å². The number of aromatic nitrogens is 7. The monoisotopic (exact) mass is 495 g/mol. The number of carbonyl (C=O) groups excluding carboxylic acids is 2. The maximum atomic E-state index is 13.9. The second kappa shape index (κ2) is 10.2. The molecule has 0 radical (unpaired) electrons. The number of ether oxygens (including phenoxy) is 1. The van der Waals surface area contributed by atoms with E-state index < -0.39 is 29.9 Å². The molecular weight excluding hydrogens is 476 g/mol. The lowest BCUT2D eigenvalue weighted by atomic mass is 10.2. The molecule has 0 unspecified atom stereocenters. The Bertz CT molecular complexity index is 1430. The molecule has 0 spiro atoms. The Hall–Kier alpha value is -4.88. The average Bonchev–Trinajstić information content (AvgIpc) is 3.20. The Morgan fingerprint density at radius 1 is 1.08 bits per heavy atom. The topological polar surface area (TPSA) is 150 Å². The molecule has 12 nitrogen and oxygen atoms in total. The highest BCUT2D eigenvalue weighted by Crippen LogP contribution is 2.26. The van der Waals surface area contributed by atoms with E-state index >= 15 is 0 Å². The number of carbonyl (C=O) groups is 2. The zero-order chi connectivity index (χ0) is 25.8. The van der Waals surface area contributed by atoms with Gasteiger partial charge in [0.2, 0.25) is 5.95 Å². The van der Waals surface area contributed by atoms with Crippen LogP contribution in [0.25, 0.3) is 11.4 Å². The molecule has 4 heterocycles. The molecule has 2 N–H and O–H groups in total. The summed E-state index contributed by atoms with van der Waals surface area (Å²) in [4.78, 5) is 40.4. The fraction of sp³-hybridized carbons (Fsp3) is 0.182. The summed E-state index contributed by atoms with van der Waals surface area (Å²) in [5.41, 5.74) is 0.934. The fourth-order valence-corrected chi connectivity index (χ4v) is 3.13. The molecule has 14 heteroatoms. The van der Waals surface area contributed by atoms with Crippen LogP contribution >= 0.6 is 0 Å². The first-order valence-electron chi connectivity index (χ1n) is 10.5. The summed E-state index contributed by atoms with van der Waals surface area (Å²) in [6, 6.07) is 5.54. The Kier molecular flexibility index (Phi) is 6.85. The highest BCUT2D eigenvalue weighted by molar-refractivity contribution is 6.02. The maximum Gasteiger partial charge on any atom is 0.413 e. The van der Waals surface area contributed by atoms with E-state index in [9.17, 15) is 18.4 Å². The quantitative estimate of drug-likeness (QED) is 0.384. The first-order valence-corrected chi connectivity index (χ1v) is 10.5. The number of aryl methyl sites for hydroxylation is 2. The number of nitrogens with zero attached hydrogens (tertiary/aromatic N) is 7. The van der Waals surface area contributed by atoms with Crippen molar-refractivity contribution in [2.45, 2.75) is 20.0 Å². The predicted octanol–water partition coefficient (Wildman–Crippen LogP) is 3.21. The molecule has 184 valence electrons. The predicted molar refractivity (Wildman–Crippen MR) is 122 cm³/mol. The molecule has 0 aromatic carbocycles. The third-order valence-corrected chi connectivity index (χ3v) is 4.87. The van der Waals surface area contributed by atoms with E-state index in [1.807, 2.05) is 0 Å². The van der Waals surface area contributed by atoms with Crippen LogP contribution in [0.1, 0.15) is 34.9 Å². The van der Waals surface area contributed by atoms with Crippen LogP contribution in [0.5, 0.6) is 0 Å². The molecule has 0 fully saturated rings. The van der Waals surface area contributed by atoms with E-state index in [4.69, 9.17) is 4.74 Å². The normalized spacial score (nSPS) is 11.6. The van der Waals surface area contributed by atoms with Crippen LogP contribution in [0, 0.1) is 18.7 Å². The van der Waals surface area contributed by atoms with Crippen molar-refractivity contribution in [1.82, 2.24) is 34.9 Å². The van der Waals surface area contributed by atoms with Gasteiger partial charge in [-0.1, -0.05) is 5.21 Å². The number of halogens is 2. The highest BCUT2D eigenvalue weighted by atomic mass is 19.1. The molecule has 0 bridgehead atoms. The van der Waals surface area contributed by atoms with Gasteiger partial charge in [0.25, 0.3) is 5.91 Å². The van der Waals surface area contributed by atoms with Gasteiger partial charge in [0, 0.05) is 13.2 Å². The Balaban J connectivity index is 1.46. The second-order valence-corrected chi connectivity index (χ2v) is 7.49. The number of hydrogen-bond acceptors (Lipinski definition) is 9. The Labute approximate surface area is 202 Å². The molecule has 4 rings (SSSR count). The minimum atomic E-state index is -1.13. The van der Waals surface area contributed by atoms with Gasteiger partial charge in [-0.25, -0.2) is 28.8 Å². The standard InChI is InChI=1S/C22H19F2N9O3/c1-11(15-8-13(23)9-27-19(15)24)36-22(35)30-20-18(31-32-33(20)3)16-5-4-14(10-26-16)29-21(34)17-6-7-25-12(2)28-17/h4-11H,1-3H3,(H,29,34)(H,30,35)/t11-/m1/s1. The summed E-state index contributed by atoms with van der Waals surface area (Å²) in [6.45, 7) is 3.05. The van der Waals surface area contributed by atoms with Crippen molar-refractivity contribution in [1.29, 1.82) is 0 Å². The first kappa shape index (κ1) is 24.3. The van der Waals surface area contributed by atoms with Crippen LogP contribution < -0.4 is 10.6 Å². The minimum Gasteiger partial charge on any atom is -0.441 e. The van der Waals surface area contributed by atoms with E-state index in [1.165, 1.54) is 37.1 Å². The lowest BCUT2D eigenvalue weighted by Crippen LogP contribution is -2.19. The molecule has 0 saturated carbocycles. The van der Waals surface area contributed by atoms with Crippen LogP contribution in [0.3, 0.4) is 0 Å². The van der Waals surface area contributed by atoms with E-state index in [-0.39, 0.29) is 22.8 Å². The van der Waals surface area contributed by atoms with Crippen molar-refractivity contribution in [2.75, 3.05) is 10.6 Å².